The van der Waals surface area contributed by atoms with Crippen LogP contribution in [0.3, 0.4) is 0 Å². The van der Waals surface area contributed by atoms with Crippen LogP contribution < -0.4 is 14.8 Å². The Kier molecular flexibility index (Phi) is 2.90. The molecule has 2 aromatic rings. The Morgan fingerprint density at radius 1 is 1.45 bits per heavy atom. The third kappa shape index (κ3) is 2.11. The zero-order valence-electron chi connectivity index (χ0n) is 10.7. The number of nitro benzene ring substituents is 1. The van der Waals surface area contributed by atoms with Gasteiger partial charge in [0.05, 0.1) is 29.6 Å². The van der Waals surface area contributed by atoms with E-state index >= 15 is 0 Å². The number of imidazole rings is 1. The summed E-state index contributed by atoms with van der Waals surface area (Å²) in [6, 6.07) is 2.94. The lowest BCUT2D eigenvalue weighted by Crippen LogP contribution is -2.04. The number of anilines is 1. The number of hydrogen-bond donors (Lipinski definition) is 2. The number of hydrogen-bond acceptors (Lipinski definition) is 6. The van der Waals surface area contributed by atoms with Crippen molar-refractivity contribution in [2.75, 3.05) is 12.1 Å². The largest absolute Gasteiger partial charge is 0.454 e. The number of aromatic nitrogens is 2. The number of rotatable bonds is 4. The molecular formula is C12H12N4O4. The van der Waals surface area contributed by atoms with Crippen molar-refractivity contribution in [3.63, 3.8) is 0 Å². The second-order valence-electron chi connectivity index (χ2n) is 4.31. The molecule has 0 bridgehead atoms. The van der Waals surface area contributed by atoms with Crippen LogP contribution in [0.4, 0.5) is 11.4 Å². The van der Waals surface area contributed by atoms with E-state index in [1.807, 2.05) is 6.92 Å². The summed E-state index contributed by atoms with van der Waals surface area (Å²) in [6.07, 6.45) is 1.58. The number of ether oxygens (including phenoxy) is 2. The summed E-state index contributed by atoms with van der Waals surface area (Å²) >= 11 is 0. The van der Waals surface area contributed by atoms with E-state index in [1.54, 1.807) is 12.4 Å². The van der Waals surface area contributed by atoms with Gasteiger partial charge in [-0.2, -0.15) is 0 Å². The monoisotopic (exact) mass is 276 g/mol. The molecule has 0 unspecified atom stereocenters. The number of nitrogens with zero attached hydrogens (tertiary/aromatic N) is 2. The highest BCUT2D eigenvalue weighted by molar-refractivity contribution is 5.69. The molecule has 0 spiro atoms. The predicted molar refractivity (Wildman–Crippen MR) is 69.9 cm³/mol. The molecule has 1 aromatic carbocycles. The number of nitrogens with one attached hydrogen (secondary N) is 2. The van der Waals surface area contributed by atoms with Gasteiger partial charge in [-0.15, -0.1) is 0 Å². The van der Waals surface area contributed by atoms with Crippen LogP contribution in [0.5, 0.6) is 11.5 Å². The number of benzene rings is 1. The molecule has 0 saturated heterocycles. The summed E-state index contributed by atoms with van der Waals surface area (Å²) in [5, 5.41) is 14.1. The summed E-state index contributed by atoms with van der Waals surface area (Å²) in [7, 11) is 0. The van der Waals surface area contributed by atoms with Gasteiger partial charge >= 0.3 is 0 Å². The van der Waals surface area contributed by atoms with Gasteiger partial charge in [0.25, 0.3) is 5.69 Å². The maximum Gasteiger partial charge on any atom is 0.296 e. The highest BCUT2D eigenvalue weighted by Gasteiger charge is 2.23. The third-order valence-electron chi connectivity index (χ3n) is 3.07. The van der Waals surface area contributed by atoms with Gasteiger partial charge in [0, 0.05) is 11.8 Å². The molecule has 0 aliphatic carbocycles. The fourth-order valence-electron chi connectivity index (χ4n) is 1.97. The van der Waals surface area contributed by atoms with E-state index in [-0.39, 0.29) is 12.5 Å². The quantitative estimate of drug-likeness (QED) is 0.653. The first-order valence-corrected chi connectivity index (χ1v) is 5.96. The van der Waals surface area contributed by atoms with E-state index < -0.39 is 4.92 Å². The Hall–Kier alpha value is -2.77. The molecule has 1 aliphatic rings. The average molecular weight is 276 g/mol. The molecule has 8 heteroatoms. The fraction of sp³-hybridized carbons (Fsp3) is 0.250. The van der Waals surface area contributed by atoms with Gasteiger partial charge in [-0.25, -0.2) is 4.98 Å². The lowest BCUT2D eigenvalue weighted by atomic mass is 10.2. The van der Waals surface area contributed by atoms with Crippen LogP contribution in [0.2, 0.25) is 0 Å². The van der Waals surface area contributed by atoms with E-state index in [2.05, 4.69) is 15.3 Å². The van der Waals surface area contributed by atoms with Crippen molar-refractivity contribution < 1.29 is 14.4 Å². The van der Waals surface area contributed by atoms with Crippen LogP contribution >= 0.6 is 0 Å². The molecule has 1 aromatic heterocycles. The summed E-state index contributed by atoms with van der Waals surface area (Å²) in [4.78, 5) is 17.7. The standard InChI is InChI=1S/C12H12N4O4/c1-7-9(15-5-14-7)4-13-8-2-11-12(20-6-19-11)3-10(8)16(17)18/h2-3,5,13H,4,6H2,1H3,(H,14,15). The average Bonchev–Trinajstić information content (AvgIpc) is 3.03. The summed E-state index contributed by atoms with van der Waals surface area (Å²) in [5.74, 6) is 0.884. The van der Waals surface area contributed by atoms with E-state index in [4.69, 9.17) is 9.47 Å². The zero-order chi connectivity index (χ0) is 14.1. The van der Waals surface area contributed by atoms with Crippen molar-refractivity contribution in [3.05, 3.63) is 40.0 Å². The van der Waals surface area contributed by atoms with Gasteiger partial charge in [0.2, 0.25) is 6.79 Å². The highest BCUT2D eigenvalue weighted by atomic mass is 16.7. The first-order valence-electron chi connectivity index (χ1n) is 5.96. The number of H-pyrrole nitrogens is 1. The fourth-order valence-corrected chi connectivity index (χ4v) is 1.97. The van der Waals surface area contributed by atoms with E-state index in [9.17, 15) is 10.1 Å². The normalized spacial score (nSPS) is 12.4. The molecule has 0 fully saturated rings. The van der Waals surface area contributed by atoms with E-state index in [0.717, 1.165) is 11.4 Å². The van der Waals surface area contributed by atoms with Crippen molar-refractivity contribution in [1.29, 1.82) is 0 Å². The van der Waals surface area contributed by atoms with Gasteiger partial charge in [-0.05, 0) is 6.92 Å². The minimum Gasteiger partial charge on any atom is -0.454 e. The number of fused-ring (bicyclic) bond motifs is 1. The SMILES string of the molecule is Cc1[nH]cnc1CNc1cc2c(cc1[N+](=O)[O-])OCO2. The van der Waals surface area contributed by atoms with Crippen LogP contribution in [0, 0.1) is 17.0 Å². The molecule has 3 rings (SSSR count). The maximum atomic E-state index is 11.1. The third-order valence-corrected chi connectivity index (χ3v) is 3.07. The molecular weight excluding hydrogens is 264 g/mol. The zero-order valence-corrected chi connectivity index (χ0v) is 10.7. The predicted octanol–water partition coefficient (Wildman–Crippen LogP) is 1.97. The summed E-state index contributed by atoms with van der Waals surface area (Å²) < 4.78 is 10.4. The number of nitro groups is 1. The molecule has 0 atom stereocenters. The molecule has 0 radical (unpaired) electrons. The Morgan fingerprint density at radius 2 is 2.20 bits per heavy atom. The van der Waals surface area contributed by atoms with Gasteiger partial charge in [-0.3, -0.25) is 10.1 Å². The van der Waals surface area contributed by atoms with Crippen molar-refractivity contribution in [1.82, 2.24) is 9.97 Å². The maximum absolute atomic E-state index is 11.1. The molecule has 2 heterocycles. The van der Waals surface area contributed by atoms with Crippen LogP contribution in [-0.2, 0) is 6.54 Å². The Balaban J connectivity index is 1.88. The van der Waals surface area contributed by atoms with Crippen molar-refractivity contribution in [2.24, 2.45) is 0 Å². The molecule has 104 valence electrons. The van der Waals surface area contributed by atoms with Gasteiger partial charge in [0.1, 0.15) is 5.69 Å². The topological polar surface area (TPSA) is 102 Å². The summed E-state index contributed by atoms with van der Waals surface area (Å²) in [6.45, 7) is 2.35. The van der Waals surface area contributed by atoms with Gasteiger partial charge in [-0.1, -0.05) is 0 Å². The van der Waals surface area contributed by atoms with E-state index in [0.29, 0.717) is 23.7 Å². The van der Waals surface area contributed by atoms with Gasteiger partial charge in [0.15, 0.2) is 11.5 Å². The Bertz CT molecular complexity index is 667. The van der Waals surface area contributed by atoms with Crippen LogP contribution in [-0.4, -0.2) is 21.7 Å². The number of aromatic amines is 1. The first-order chi connectivity index (χ1) is 9.65. The molecule has 20 heavy (non-hydrogen) atoms. The number of aryl methyl sites for hydroxylation is 1. The lowest BCUT2D eigenvalue weighted by molar-refractivity contribution is -0.384. The first kappa shape index (κ1) is 12.3. The minimum atomic E-state index is -0.457. The smallest absolute Gasteiger partial charge is 0.296 e. The van der Waals surface area contributed by atoms with Crippen LogP contribution in [0.1, 0.15) is 11.4 Å². The second kappa shape index (κ2) is 4.72. The molecule has 0 amide bonds. The van der Waals surface area contributed by atoms with Crippen LogP contribution in [0.25, 0.3) is 0 Å². The second-order valence-corrected chi connectivity index (χ2v) is 4.31. The van der Waals surface area contributed by atoms with E-state index in [1.165, 1.54) is 6.07 Å². The molecule has 0 saturated carbocycles. The molecule has 1 aliphatic heterocycles. The summed E-state index contributed by atoms with van der Waals surface area (Å²) in [5.41, 5.74) is 2.04. The lowest BCUT2D eigenvalue weighted by Gasteiger charge is -2.07. The van der Waals surface area contributed by atoms with Crippen LogP contribution in [0.15, 0.2) is 18.5 Å². The van der Waals surface area contributed by atoms with Crippen molar-refractivity contribution >= 4 is 11.4 Å². The minimum absolute atomic E-state index is 0.0533. The van der Waals surface area contributed by atoms with Gasteiger partial charge < -0.3 is 19.8 Å². The highest BCUT2D eigenvalue weighted by Crippen LogP contribution is 2.40. The van der Waals surface area contributed by atoms with Crippen molar-refractivity contribution in [2.45, 2.75) is 13.5 Å². The Labute approximate surface area is 113 Å². The molecule has 8 nitrogen and oxygen atoms in total. The molecule has 2 N–H and O–H groups in total. The van der Waals surface area contributed by atoms with Crippen molar-refractivity contribution in [3.8, 4) is 11.5 Å². The Morgan fingerprint density at radius 3 is 2.85 bits per heavy atom.